The zero-order valence-electron chi connectivity index (χ0n) is 12.6. The number of hydrogen-bond acceptors (Lipinski definition) is 4. The number of aryl methyl sites for hydroxylation is 1. The molecule has 1 fully saturated rings. The standard InChI is InChI=1S/C14H22BNO2S/c1-7-19-12-10(2)8-11(9-16-12)15-17-13(3,4)14(5,6)18-15/h8-9H,7H2,1-6H3. The third-order valence-corrected chi connectivity index (χ3v) is 4.85. The van der Waals surface area contributed by atoms with E-state index in [2.05, 4.69) is 52.6 Å². The van der Waals surface area contributed by atoms with Gasteiger partial charge in [-0.15, -0.1) is 11.8 Å². The number of aromatic nitrogens is 1. The molecular formula is C14H22BNO2S. The molecule has 0 bridgehead atoms. The second kappa shape index (κ2) is 5.11. The molecule has 1 aromatic heterocycles. The van der Waals surface area contributed by atoms with E-state index >= 15 is 0 Å². The third kappa shape index (κ3) is 2.83. The second-order valence-corrected chi connectivity index (χ2v) is 7.16. The Hall–Kier alpha value is -0.515. The van der Waals surface area contributed by atoms with Crippen LogP contribution in [0.3, 0.4) is 0 Å². The molecule has 5 heteroatoms. The lowest BCUT2D eigenvalue weighted by molar-refractivity contribution is 0.00578. The summed E-state index contributed by atoms with van der Waals surface area (Å²) in [6.45, 7) is 12.5. The minimum Gasteiger partial charge on any atom is -0.399 e. The van der Waals surface area contributed by atoms with Crippen molar-refractivity contribution in [3.05, 3.63) is 17.8 Å². The minimum absolute atomic E-state index is 0.303. The topological polar surface area (TPSA) is 31.4 Å². The van der Waals surface area contributed by atoms with Gasteiger partial charge in [0.15, 0.2) is 0 Å². The summed E-state index contributed by atoms with van der Waals surface area (Å²) in [6.07, 6.45) is 1.87. The molecule has 1 aliphatic heterocycles. The summed E-state index contributed by atoms with van der Waals surface area (Å²) >= 11 is 1.76. The molecule has 0 aromatic carbocycles. The maximum Gasteiger partial charge on any atom is 0.496 e. The summed E-state index contributed by atoms with van der Waals surface area (Å²) in [5.41, 5.74) is 1.57. The summed E-state index contributed by atoms with van der Waals surface area (Å²) in [7, 11) is -0.322. The molecule has 2 heterocycles. The van der Waals surface area contributed by atoms with Gasteiger partial charge >= 0.3 is 7.12 Å². The van der Waals surface area contributed by atoms with Gasteiger partial charge in [0, 0.05) is 11.7 Å². The predicted molar refractivity (Wildman–Crippen MR) is 81.1 cm³/mol. The van der Waals surface area contributed by atoms with Crippen LogP contribution in [0.5, 0.6) is 0 Å². The first-order valence-electron chi connectivity index (χ1n) is 6.72. The highest BCUT2D eigenvalue weighted by Crippen LogP contribution is 2.36. The average molecular weight is 279 g/mol. The van der Waals surface area contributed by atoms with Crippen molar-refractivity contribution in [2.45, 2.75) is 57.8 Å². The maximum atomic E-state index is 6.04. The molecule has 0 radical (unpaired) electrons. The highest BCUT2D eigenvalue weighted by molar-refractivity contribution is 7.99. The number of pyridine rings is 1. The van der Waals surface area contributed by atoms with Crippen LogP contribution < -0.4 is 5.46 Å². The van der Waals surface area contributed by atoms with Gasteiger partial charge in [-0.05, 0) is 45.9 Å². The van der Waals surface area contributed by atoms with Crippen LogP contribution in [0, 0.1) is 6.92 Å². The highest BCUT2D eigenvalue weighted by Gasteiger charge is 2.51. The Bertz CT molecular complexity index is 461. The van der Waals surface area contributed by atoms with Crippen LogP contribution in [0.15, 0.2) is 17.3 Å². The largest absolute Gasteiger partial charge is 0.496 e. The van der Waals surface area contributed by atoms with Crippen molar-refractivity contribution in [1.29, 1.82) is 0 Å². The Morgan fingerprint density at radius 1 is 1.21 bits per heavy atom. The predicted octanol–water partition coefficient (Wildman–Crippen LogP) is 2.80. The van der Waals surface area contributed by atoms with Crippen molar-refractivity contribution in [3.63, 3.8) is 0 Å². The summed E-state index contributed by atoms with van der Waals surface area (Å²) in [5, 5.41) is 1.09. The number of rotatable bonds is 3. The van der Waals surface area contributed by atoms with Gasteiger partial charge in [-0.3, -0.25) is 4.98 Å². The van der Waals surface area contributed by atoms with Gasteiger partial charge in [0.05, 0.1) is 16.2 Å². The first-order chi connectivity index (χ1) is 8.77. The second-order valence-electron chi connectivity index (χ2n) is 5.91. The van der Waals surface area contributed by atoms with Crippen LogP contribution in [0.4, 0.5) is 0 Å². The lowest BCUT2D eigenvalue weighted by Gasteiger charge is -2.32. The Labute approximate surface area is 120 Å². The van der Waals surface area contributed by atoms with Crippen LogP contribution in [-0.4, -0.2) is 29.1 Å². The zero-order valence-corrected chi connectivity index (χ0v) is 13.4. The first kappa shape index (κ1) is 14.9. The summed E-state index contributed by atoms with van der Waals surface area (Å²) in [6, 6.07) is 2.12. The third-order valence-electron chi connectivity index (χ3n) is 3.86. The Balaban J connectivity index is 2.23. The molecule has 0 unspecified atom stereocenters. The van der Waals surface area contributed by atoms with Crippen molar-refractivity contribution < 1.29 is 9.31 Å². The van der Waals surface area contributed by atoms with Crippen molar-refractivity contribution in [1.82, 2.24) is 4.98 Å². The summed E-state index contributed by atoms with van der Waals surface area (Å²) in [4.78, 5) is 4.51. The Kier molecular flexibility index (Phi) is 4.01. The molecule has 19 heavy (non-hydrogen) atoms. The Morgan fingerprint density at radius 2 is 1.79 bits per heavy atom. The van der Waals surface area contributed by atoms with Crippen LogP contribution in [0.2, 0.25) is 0 Å². The van der Waals surface area contributed by atoms with Gasteiger partial charge < -0.3 is 9.31 Å². The van der Waals surface area contributed by atoms with Crippen LogP contribution in [0.1, 0.15) is 40.2 Å². The summed E-state index contributed by atoms with van der Waals surface area (Å²) < 4.78 is 12.1. The molecule has 2 rings (SSSR count). The van der Waals surface area contributed by atoms with Gasteiger partial charge in [0.1, 0.15) is 0 Å². The molecule has 0 atom stereocenters. The monoisotopic (exact) mass is 279 g/mol. The minimum atomic E-state index is -0.322. The number of thioether (sulfide) groups is 1. The van der Waals surface area contributed by atoms with Crippen LogP contribution in [-0.2, 0) is 9.31 Å². The van der Waals surface area contributed by atoms with Crippen LogP contribution >= 0.6 is 11.8 Å². The molecule has 1 saturated heterocycles. The fourth-order valence-corrected chi connectivity index (χ4v) is 2.67. The molecule has 0 saturated carbocycles. The van der Waals surface area contributed by atoms with E-state index in [0.29, 0.717) is 0 Å². The lowest BCUT2D eigenvalue weighted by Crippen LogP contribution is -2.41. The molecule has 3 nitrogen and oxygen atoms in total. The number of hydrogen-bond donors (Lipinski definition) is 0. The smallest absolute Gasteiger partial charge is 0.399 e. The van der Waals surface area contributed by atoms with E-state index in [9.17, 15) is 0 Å². The fraction of sp³-hybridized carbons (Fsp3) is 0.643. The first-order valence-corrected chi connectivity index (χ1v) is 7.70. The van der Waals surface area contributed by atoms with E-state index in [1.165, 1.54) is 5.56 Å². The van der Waals surface area contributed by atoms with E-state index in [4.69, 9.17) is 9.31 Å². The normalized spacial score (nSPS) is 20.8. The molecule has 1 aliphatic rings. The van der Waals surface area contributed by atoms with E-state index < -0.39 is 0 Å². The molecule has 104 valence electrons. The molecule has 0 spiro atoms. The van der Waals surface area contributed by atoms with Crippen molar-refractivity contribution >= 4 is 24.3 Å². The molecule has 0 amide bonds. The van der Waals surface area contributed by atoms with E-state index in [1.54, 1.807) is 11.8 Å². The van der Waals surface area contributed by atoms with Gasteiger partial charge in [-0.25, -0.2) is 0 Å². The average Bonchev–Trinajstić information content (AvgIpc) is 2.51. The van der Waals surface area contributed by atoms with Gasteiger partial charge in [-0.2, -0.15) is 0 Å². The zero-order chi connectivity index (χ0) is 14.3. The van der Waals surface area contributed by atoms with Crippen molar-refractivity contribution in [3.8, 4) is 0 Å². The van der Waals surface area contributed by atoms with E-state index in [1.807, 2.05) is 6.20 Å². The van der Waals surface area contributed by atoms with Crippen molar-refractivity contribution in [2.75, 3.05) is 5.75 Å². The summed E-state index contributed by atoms with van der Waals surface area (Å²) in [5.74, 6) is 1.03. The molecular weight excluding hydrogens is 257 g/mol. The van der Waals surface area contributed by atoms with Gasteiger partial charge in [0.25, 0.3) is 0 Å². The van der Waals surface area contributed by atoms with Gasteiger partial charge in [-0.1, -0.05) is 13.0 Å². The highest BCUT2D eigenvalue weighted by atomic mass is 32.2. The lowest BCUT2D eigenvalue weighted by atomic mass is 9.80. The number of nitrogens with zero attached hydrogens (tertiary/aromatic N) is 1. The molecule has 0 aliphatic carbocycles. The van der Waals surface area contributed by atoms with Crippen molar-refractivity contribution in [2.24, 2.45) is 0 Å². The Morgan fingerprint density at radius 3 is 2.26 bits per heavy atom. The molecule has 0 N–H and O–H groups in total. The fourth-order valence-electron chi connectivity index (χ4n) is 1.98. The maximum absolute atomic E-state index is 6.04. The van der Waals surface area contributed by atoms with E-state index in [-0.39, 0.29) is 18.3 Å². The SMILES string of the molecule is CCSc1ncc(B2OC(C)(C)C(C)(C)O2)cc1C. The quantitative estimate of drug-likeness (QED) is 0.629. The van der Waals surface area contributed by atoms with Gasteiger partial charge in [0.2, 0.25) is 0 Å². The molecule has 1 aromatic rings. The van der Waals surface area contributed by atoms with Crippen LogP contribution in [0.25, 0.3) is 0 Å². The van der Waals surface area contributed by atoms with E-state index in [0.717, 1.165) is 16.2 Å².